The van der Waals surface area contributed by atoms with Crippen molar-refractivity contribution >= 4 is 6.08 Å². The van der Waals surface area contributed by atoms with Gasteiger partial charge >= 0.3 is 0 Å². The van der Waals surface area contributed by atoms with Crippen LogP contribution in [0.25, 0.3) is 16.5 Å². The van der Waals surface area contributed by atoms with Crippen LogP contribution in [0.4, 0.5) is 8.78 Å². The summed E-state index contributed by atoms with van der Waals surface area (Å²) in [6.45, 7) is 0.230. The molecule has 1 rings (SSSR count). The van der Waals surface area contributed by atoms with Gasteiger partial charge in [-0.1, -0.05) is 17.3 Å². The molecule has 0 aliphatic carbocycles. The minimum atomic E-state index is -0.836. The molecule has 0 saturated carbocycles. The van der Waals surface area contributed by atoms with E-state index in [1.807, 2.05) is 0 Å². The molecule has 0 fully saturated rings. The Labute approximate surface area is 90.5 Å². The van der Waals surface area contributed by atoms with Gasteiger partial charge in [-0.05, 0) is 12.0 Å². The summed E-state index contributed by atoms with van der Waals surface area (Å²) >= 11 is 0. The van der Waals surface area contributed by atoms with Crippen molar-refractivity contribution in [3.8, 4) is 5.75 Å². The van der Waals surface area contributed by atoms with Gasteiger partial charge in [-0.15, -0.1) is 0 Å². The van der Waals surface area contributed by atoms with Crippen LogP contribution in [0.3, 0.4) is 0 Å². The van der Waals surface area contributed by atoms with Crippen molar-refractivity contribution < 1.29 is 13.9 Å². The maximum atomic E-state index is 13.2. The molecule has 0 amide bonds. The van der Waals surface area contributed by atoms with Crippen molar-refractivity contribution in [2.24, 2.45) is 5.11 Å². The summed E-state index contributed by atoms with van der Waals surface area (Å²) in [5.41, 5.74) is 7.76. The fourth-order valence-corrected chi connectivity index (χ4v) is 1.11. The Bertz CT molecular complexity index is 430. The van der Waals surface area contributed by atoms with Gasteiger partial charge in [0.05, 0.1) is 0 Å². The van der Waals surface area contributed by atoms with Crippen molar-refractivity contribution in [3.63, 3.8) is 0 Å². The van der Waals surface area contributed by atoms with E-state index in [0.29, 0.717) is 6.42 Å². The zero-order valence-corrected chi connectivity index (χ0v) is 8.27. The topological polar surface area (TPSA) is 69.0 Å². The van der Waals surface area contributed by atoms with Gasteiger partial charge in [0.2, 0.25) is 0 Å². The second-order valence-corrected chi connectivity index (χ2v) is 2.97. The van der Waals surface area contributed by atoms with Crippen LogP contribution in [0.5, 0.6) is 5.75 Å². The third kappa shape index (κ3) is 3.25. The summed E-state index contributed by atoms with van der Waals surface area (Å²) in [6, 6.07) is 1.66. The van der Waals surface area contributed by atoms with E-state index in [2.05, 4.69) is 10.0 Å². The Morgan fingerprint density at radius 1 is 1.38 bits per heavy atom. The molecule has 0 aliphatic rings. The zero-order chi connectivity index (χ0) is 12.0. The highest BCUT2D eigenvalue weighted by Gasteiger charge is 2.07. The van der Waals surface area contributed by atoms with E-state index in [1.54, 1.807) is 0 Å². The zero-order valence-electron chi connectivity index (χ0n) is 8.27. The van der Waals surface area contributed by atoms with Crippen LogP contribution in [0, 0.1) is 11.6 Å². The summed E-state index contributed by atoms with van der Waals surface area (Å²) in [5.74, 6) is -2.13. The average Bonchev–Trinajstić information content (AvgIpc) is 2.20. The van der Waals surface area contributed by atoms with Gasteiger partial charge in [0.1, 0.15) is 17.4 Å². The van der Waals surface area contributed by atoms with Crippen molar-refractivity contribution in [1.29, 1.82) is 0 Å². The summed E-state index contributed by atoms with van der Waals surface area (Å²) in [4.78, 5) is 2.54. The van der Waals surface area contributed by atoms with E-state index in [1.165, 1.54) is 12.2 Å². The highest BCUT2D eigenvalue weighted by molar-refractivity contribution is 5.52. The highest BCUT2D eigenvalue weighted by atomic mass is 19.1. The van der Waals surface area contributed by atoms with E-state index in [4.69, 9.17) is 10.6 Å². The Kier molecular flexibility index (Phi) is 4.29. The van der Waals surface area contributed by atoms with Crippen LogP contribution < -0.4 is 0 Å². The van der Waals surface area contributed by atoms with Crippen LogP contribution in [0.15, 0.2) is 23.3 Å². The number of azide groups is 1. The van der Waals surface area contributed by atoms with Gasteiger partial charge in [-0.2, -0.15) is 0 Å². The van der Waals surface area contributed by atoms with Gasteiger partial charge in [0.15, 0.2) is 0 Å². The smallest absolute Gasteiger partial charge is 0.137 e. The fourth-order valence-electron chi connectivity index (χ4n) is 1.11. The molecule has 0 bridgehead atoms. The number of benzene rings is 1. The monoisotopic (exact) mass is 225 g/mol. The maximum absolute atomic E-state index is 13.2. The van der Waals surface area contributed by atoms with Gasteiger partial charge in [0.25, 0.3) is 0 Å². The van der Waals surface area contributed by atoms with Crippen molar-refractivity contribution in [1.82, 2.24) is 0 Å². The number of aromatic hydroxyl groups is 1. The lowest BCUT2D eigenvalue weighted by molar-refractivity contribution is 0.460. The van der Waals surface area contributed by atoms with Gasteiger partial charge in [-0.3, -0.25) is 0 Å². The molecule has 4 nitrogen and oxygen atoms in total. The molecule has 1 aromatic rings. The summed E-state index contributed by atoms with van der Waals surface area (Å²) in [7, 11) is 0. The molecule has 0 saturated heterocycles. The second-order valence-electron chi connectivity index (χ2n) is 2.97. The normalized spacial score (nSPS) is 10.4. The molecule has 84 valence electrons. The fraction of sp³-hybridized carbons (Fsp3) is 0.200. The molecule has 0 unspecified atom stereocenters. The van der Waals surface area contributed by atoms with Crippen LogP contribution in [0.2, 0.25) is 0 Å². The highest BCUT2D eigenvalue weighted by Crippen LogP contribution is 2.20. The third-order valence-electron chi connectivity index (χ3n) is 1.81. The summed E-state index contributed by atoms with van der Waals surface area (Å²) < 4.78 is 26.3. The molecule has 0 aliphatic heterocycles. The number of hydrogen-bond donors (Lipinski definition) is 1. The van der Waals surface area contributed by atoms with E-state index < -0.39 is 17.4 Å². The predicted octanol–water partition coefficient (Wildman–Crippen LogP) is 3.38. The molecule has 6 heteroatoms. The molecular weight excluding hydrogens is 216 g/mol. The largest absolute Gasteiger partial charge is 0.508 e. The molecule has 0 atom stereocenters. The Hall–Kier alpha value is -2.07. The first-order chi connectivity index (χ1) is 7.65. The van der Waals surface area contributed by atoms with Crippen molar-refractivity contribution in [2.45, 2.75) is 6.42 Å². The van der Waals surface area contributed by atoms with Crippen LogP contribution >= 0.6 is 0 Å². The number of nitrogens with zero attached hydrogens (tertiary/aromatic N) is 3. The number of rotatable bonds is 4. The van der Waals surface area contributed by atoms with Crippen molar-refractivity contribution in [3.05, 3.63) is 45.8 Å². The first-order valence-electron chi connectivity index (χ1n) is 4.50. The molecule has 0 heterocycles. The first kappa shape index (κ1) is 12.0. The predicted molar refractivity (Wildman–Crippen MR) is 55.7 cm³/mol. The molecule has 0 aromatic heterocycles. The van der Waals surface area contributed by atoms with Gasteiger partial charge in [-0.25, -0.2) is 8.78 Å². The minimum Gasteiger partial charge on any atom is -0.508 e. The lowest BCUT2D eigenvalue weighted by Crippen LogP contribution is -1.88. The number of halogens is 2. The average molecular weight is 225 g/mol. The summed E-state index contributed by atoms with van der Waals surface area (Å²) in [6.07, 6.45) is 3.13. The Morgan fingerprint density at radius 3 is 2.56 bits per heavy atom. The molecule has 1 N–H and O–H groups in total. The SMILES string of the molecule is [N-]=[N+]=NCCC=Cc1c(F)cc(O)cc1F. The first-order valence-corrected chi connectivity index (χ1v) is 4.50. The number of phenols is 1. The minimum absolute atomic E-state index is 0.223. The lowest BCUT2D eigenvalue weighted by Gasteiger charge is -2.00. The van der Waals surface area contributed by atoms with Crippen LogP contribution in [-0.2, 0) is 0 Å². The van der Waals surface area contributed by atoms with Gasteiger partial charge in [0, 0.05) is 29.2 Å². The summed E-state index contributed by atoms with van der Waals surface area (Å²) in [5, 5.41) is 12.2. The number of phenolic OH excluding ortho intramolecular Hbond substituents is 1. The molecule has 1 aromatic carbocycles. The van der Waals surface area contributed by atoms with E-state index in [9.17, 15) is 8.78 Å². The van der Waals surface area contributed by atoms with Crippen LogP contribution in [-0.4, -0.2) is 11.7 Å². The third-order valence-corrected chi connectivity index (χ3v) is 1.81. The Morgan fingerprint density at radius 2 is 2.00 bits per heavy atom. The standard InChI is InChI=1S/C10H9F2N3O/c11-9-5-7(16)6-10(12)8(9)3-1-2-4-14-15-13/h1,3,5-6,16H,2,4H2. The van der Waals surface area contributed by atoms with Gasteiger partial charge < -0.3 is 5.11 Å². The van der Waals surface area contributed by atoms with E-state index in [-0.39, 0.29) is 12.1 Å². The molecule has 0 spiro atoms. The van der Waals surface area contributed by atoms with E-state index >= 15 is 0 Å². The quantitative estimate of drug-likeness (QED) is 0.363. The van der Waals surface area contributed by atoms with Crippen LogP contribution in [0.1, 0.15) is 12.0 Å². The molecule has 16 heavy (non-hydrogen) atoms. The molecule has 0 radical (unpaired) electrons. The lowest BCUT2D eigenvalue weighted by atomic mass is 10.1. The number of hydrogen-bond acceptors (Lipinski definition) is 2. The second kappa shape index (κ2) is 5.72. The Balaban J connectivity index is 2.77. The maximum Gasteiger partial charge on any atom is 0.137 e. The molecular formula is C10H9F2N3O. The van der Waals surface area contributed by atoms with Crippen molar-refractivity contribution in [2.75, 3.05) is 6.54 Å². The van der Waals surface area contributed by atoms with E-state index in [0.717, 1.165) is 12.1 Å².